The van der Waals surface area contributed by atoms with Gasteiger partial charge in [-0.2, -0.15) is 4.31 Å². The summed E-state index contributed by atoms with van der Waals surface area (Å²) in [5, 5.41) is 3.43. The van der Waals surface area contributed by atoms with Gasteiger partial charge >= 0.3 is 0 Å². The number of pyridine rings is 1. The molecule has 2 fully saturated rings. The third-order valence-corrected chi connectivity index (χ3v) is 7.35. The molecule has 27 heavy (non-hydrogen) atoms. The lowest BCUT2D eigenvalue weighted by Gasteiger charge is -2.17. The molecule has 0 spiro atoms. The number of carbonyl (C=O) groups excluding carboxylic acids is 1. The highest BCUT2D eigenvalue weighted by Gasteiger charge is 2.28. The summed E-state index contributed by atoms with van der Waals surface area (Å²) in [5.74, 6) is -0.325. The van der Waals surface area contributed by atoms with Crippen LogP contribution in [0.1, 0.15) is 48.9 Å². The Balaban J connectivity index is 1.76. The molecule has 144 valence electrons. The van der Waals surface area contributed by atoms with Gasteiger partial charge in [0.2, 0.25) is 15.6 Å². The number of aromatic nitrogens is 1. The molecule has 1 aliphatic heterocycles. The summed E-state index contributed by atoms with van der Waals surface area (Å²) >= 11 is 0. The van der Waals surface area contributed by atoms with Gasteiger partial charge in [0, 0.05) is 36.1 Å². The molecular weight excluding hydrogens is 366 g/mol. The van der Waals surface area contributed by atoms with Crippen LogP contribution in [0.5, 0.6) is 0 Å². The lowest BCUT2D eigenvalue weighted by atomic mass is 10.1. The van der Waals surface area contributed by atoms with Crippen molar-refractivity contribution >= 4 is 26.8 Å². The number of hydrogen-bond donors (Lipinski definition) is 2. The van der Waals surface area contributed by atoms with Gasteiger partial charge in [-0.1, -0.05) is 12.8 Å². The van der Waals surface area contributed by atoms with Gasteiger partial charge in [-0.05, 0) is 43.9 Å². The maximum absolute atomic E-state index is 12.9. The number of fused-ring (bicyclic) bond motifs is 1. The smallest absolute Gasteiger partial charge is 0.252 e. The van der Waals surface area contributed by atoms with E-state index in [2.05, 4.69) is 10.3 Å². The second kappa shape index (κ2) is 7.09. The van der Waals surface area contributed by atoms with Crippen molar-refractivity contribution in [2.45, 2.75) is 49.5 Å². The zero-order valence-corrected chi connectivity index (χ0v) is 15.8. The topological polar surface area (TPSA) is 99.3 Å². The summed E-state index contributed by atoms with van der Waals surface area (Å²) in [5.41, 5.74) is 0.299. The average Bonchev–Trinajstić information content (AvgIpc) is 3.34. The van der Waals surface area contributed by atoms with Crippen molar-refractivity contribution in [1.29, 1.82) is 0 Å². The molecule has 2 heterocycles. The molecule has 1 amide bonds. The van der Waals surface area contributed by atoms with Gasteiger partial charge < -0.3 is 10.3 Å². The Labute approximate surface area is 157 Å². The third kappa shape index (κ3) is 3.51. The van der Waals surface area contributed by atoms with Gasteiger partial charge in [-0.15, -0.1) is 0 Å². The molecule has 1 aromatic carbocycles. The first-order valence-electron chi connectivity index (χ1n) is 9.43. The van der Waals surface area contributed by atoms with E-state index in [0.717, 1.165) is 38.5 Å². The average molecular weight is 389 g/mol. The van der Waals surface area contributed by atoms with Gasteiger partial charge in [0.1, 0.15) is 0 Å². The lowest BCUT2D eigenvalue weighted by Crippen LogP contribution is -2.33. The van der Waals surface area contributed by atoms with Gasteiger partial charge in [0.05, 0.1) is 10.5 Å². The number of nitrogens with zero attached hydrogens (tertiary/aromatic N) is 1. The number of rotatable bonds is 4. The van der Waals surface area contributed by atoms with E-state index in [9.17, 15) is 18.0 Å². The van der Waals surface area contributed by atoms with Crippen LogP contribution in [0.3, 0.4) is 0 Å². The van der Waals surface area contributed by atoms with Crippen LogP contribution in [0.25, 0.3) is 10.9 Å². The van der Waals surface area contributed by atoms with E-state index in [1.165, 1.54) is 22.5 Å². The maximum atomic E-state index is 12.9. The Bertz CT molecular complexity index is 1030. The van der Waals surface area contributed by atoms with Crippen LogP contribution in [0.15, 0.2) is 34.0 Å². The number of sulfonamides is 1. The zero-order valence-electron chi connectivity index (χ0n) is 15.0. The summed E-state index contributed by atoms with van der Waals surface area (Å²) in [6, 6.07) is 5.92. The number of benzene rings is 1. The molecule has 7 nitrogen and oxygen atoms in total. The molecule has 1 aliphatic carbocycles. The number of hydrogen-bond acceptors (Lipinski definition) is 4. The molecule has 4 rings (SSSR count). The highest BCUT2D eigenvalue weighted by atomic mass is 32.2. The van der Waals surface area contributed by atoms with Crippen molar-refractivity contribution in [2.24, 2.45) is 0 Å². The molecule has 0 atom stereocenters. The zero-order chi connectivity index (χ0) is 19.0. The van der Waals surface area contributed by atoms with Gasteiger partial charge in [0.15, 0.2) is 0 Å². The van der Waals surface area contributed by atoms with E-state index in [-0.39, 0.29) is 28.0 Å². The number of H-pyrrole nitrogens is 1. The van der Waals surface area contributed by atoms with E-state index >= 15 is 0 Å². The molecule has 1 saturated heterocycles. The fourth-order valence-electron chi connectivity index (χ4n) is 3.99. The Morgan fingerprint density at radius 3 is 2.48 bits per heavy atom. The Morgan fingerprint density at radius 2 is 1.78 bits per heavy atom. The minimum absolute atomic E-state index is 0.114. The van der Waals surface area contributed by atoms with E-state index in [1.807, 2.05) is 0 Å². The first-order chi connectivity index (χ1) is 12.9. The molecule has 0 bridgehead atoms. The van der Waals surface area contributed by atoms with Gasteiger partial charge in [0.25, 0.3) is 5.91 Å². The van der Waals surface area contributed by atoms with Crippen molar-refractivity contribution in [2.75, 3.05) is 13.1 Å². The Morgan fingerprint density at radius 1 is 1.07 bits per heavy atom. The fraction of sp³-hybridized carbons (Fsp3) is 0.474. The summed E-state index contributed by atoms with van der Waals surface area (Å²) in [4.78, 5) is 27.6. The van der Waals surface area contributed by atoms with Crippen LogP contribution in [-0.4, -0.2) is 42.7 Å². The van der Waals surface area contributed by atoms with E-state index in [0.29, 0.717) is 24.0 Å². The summed E-state index contributed by atoms with van der Waals surface area (Å²) < 4.78 is 27.2. The number of aromatic amines is 1. The maximum Gasteiger partial charge on any atom is 0.252 e. The quantitative estimate of drug-likeness (QED) is 0.835. The van der Waals surface area contributed by atoms with Crippen LogP contribution in [0.2, 0.25) is 0 Å². The van der Waals surface area contributed by atoms with Crippen molar-refractivity contribution < 1.29 is 13.2 Å². The standard InChI is InChI=1S/C19H23N3O4S/c23-18-12-16(19(24)20-13-5-1-2-6-13)15-11-14(7-8-17(15)21-18)27(25,26)22-9-3-4-10-22/h7-8,11-13H,1-6,9-10H2,(H,20,24)(H,21,23). The molecule has 2 aliphatic rings. The van der Waals surface area contributed by atoms with Crippen LogP contribution >= 0.6 is 0 Å². The first kappa shape index (κ1) is 18.2. The molecule has 0 radical (unpaired) electrons. The summed E-state index contributed by atoms with van der Waals surface area (Å²) in [6.07, 6.45) is 5.74. The molecule has 1 saturated carbocycles. The minimum atomic E-state index is -3.60. The van der Waals surface area contributed by atoms with E-state index < -0.39 is 10.0 Å². The van der Waals surface area contributed by atoms with Gasteiger partial charge in [-0.25, -0.2) is 8.42 Å². The molecule has 8 heteroatoms. The van der Waals surface area contributed by atoms with E-state index in [4.69, 9.17) is 0 Å². The monoisotopic (exact) mass is 389 g/mol. The Kier molecular flexibility index (Phi) is 4.77. The Hall–Kier alpha value is -2.19. The van der Waals surface area contributed by atoms with Crippen LogP contribution < -0.4 is 10.9 Å². The van der Waals surface area contributed by atoms with Gasteiger partial charge in [-0.3, -0.25) is 9.59 Å². The predicted molar refractivity (Wildman–Crippen MR) is 102 cm³/mol. The summed E-state index contributed by atoms with van der Waals surface area (Å²) in [6.45, 7) is 1.03. The summed E-state index contributed by atoms with van der Waals surface area (Å²) in [7, 11) is -3.60. The molecule has 1 aromatic heterocycles. The van der Waals surface area contributed by atoms with Crippen molar-refractivity contribution in [3.05, 3.63) is 40.2 Å². The second-order valence-electron chi connectivity index (χ2n) is 7.32. The molecule has 2 aromatic rings. The minimum Gasteiger partial charge on any atom is -0.349 e. The van der Waals surface area contributed by atoms with E-state index in [1.54, 1.807) is 6.07 Å². The second-order valence-corrected chi connectivity index (χ2v) is 9.26. The SMILES string of the molecule is O=C(NC1CCCC1)c1cc(=O)[nH]c2ccc(S(=O)(=O)N3CCCC3)cc12. The normalized spacial score (nSPS) is 19.0. The predicted octanol–water partition coefficient (Wildman–Crippen LogP) is 1.98. The number of amides is 1. The largest absolute Gasteiger partial charge is 0.349 e. The molecule has 2 N–H and O–H groups in total. The fourth-order valence-corrected chi connectivity index (χ4v) is 5.54. The van der Waals surface area contributed by atoms with Crippen molar-refractivity contribution in [3.63, 3.8) is 0 Å². The third-order valence-electron chi connectivity index (χ3n) is 5.45. The molecule has 0 unspecified atom stereocenters. The van der Waals surface area contributed by atoms with Crippen LogP contribution in [0, 0.1) is 0 Å². The highest BCUT2D eigenvalue weighted by Crippen LogP contribution is 2.25. The first-order valence-corrected chi connectivity index (χ1v) is 10.9. The van der Waals surface area contributed by atoms with Crippen molar-refractivity contribution in [1.82, 2.24) is 14.6 Å². The van der Waals surface area contributed by atoms with Crippen LogP contribution in [0.4, 0.5) is 0 Å². The lowest BCUT2D eigenvalue weighted by molar-refractivity contribution is 0.0939. The molecular formula is C19H23N3O4S. The number of nitrogens with one attached hydrogen (secondary N) is 2. The highest BCUT2D eigenvalue weighted by molar-refractivity contribution is 7.89. The van der Waals surface area contributed by atoms with Crippen LogP contribution in [-0.2, 0) is 10.0 Å². The number of carbonyl (C=O) groups is 1. The van der Waals surface area contributed by atoms with Crippen molar-refractivity contribution in [3.8, 4) is 0 Å².